The van der Waals surface area contributed by atoms with Gasteiger partial charge in [0.15, 0.2) is 5.78 Å². The molecular weight excluding hydrogens is 258 g/mol. The van der Waals surface area contributed by atoms with Crippen LogP contribution in [0.3, 0.4) is 0 Å². The summed E-state index contributed by atoms with van der Waals surface area (Å²) in [6.45, 7) is 1.28. The molecule has 1 heterocycles. The minimum atomic E-state index is 0.289. The van der Waals surface area contributed by atoms with Gasteiger partial charge in [-0.3, -0.25) is 4.79 Å². The zero-order chi connectivity index (χ0) is 10.8. The molecule has 0 unspecified atom stereocenters. The Balaban J connectivity index is 2.33. The lowest BCUT2D eigenvalue weighted by Crippen LogP contribution is -2.20. The third-order valence-electron chi connectivity index (χ3n) is 2.51. The molecule has 0 N–H and O–H groups in total. The van der Waals surface area contributed by atoms with E-state index in [4.69, 9.17) is 4.74 Å². The minimum Gasteiger partial charge on any atom is -0.495 e. The zero-order valence-electron chi connectivity index (χ0n) is 8.50. The van der Waals surface area contributed by atoms with E-state index in [1.54, 1.807) is 7.11 Å². The lowest BCUT2D eigenvalue weighted by Gasteiger charge is -2.19. The molecule has 0 bridgehead atoms. The highest BCUT2D eigenvalue weighted by Gasteiger charge is 2.22. The summed E-state index contributed by atoms with van der Waals surface area (Å²) in [7, 11) is 1.64. The molecule has 2 rings (SSSR count). The molecule has 0 radical (unpaired) electrons. The second kappa shape index (κ2) is 4.23. The quantitative estimate of drug-likeness (QED) is 0.825. The number of ketones is 1. The summed E-state index contributed by atoms with van der Waals surface area (Å²) in [6, 6.07) is 5.82. The maximum absolute atomic E-state index is 11.2. The summed E-state index contributed by atoms with van der Waals surface area (Å²) in [4.78, 5) is 13.3. The molecule has 80 valence electrons. The van der Waals surface area contributed by atoms with Crippen LogP contribution in [0.4, 0.5) is 5.69 Å². The van der Waals surface area contributed by atoms with Gasteiger partial charge in [-0.05, 0) is 18.2 Å². The van der Waals surface area contributed by atoms with Crippen LogP contribution in [0.25, 0.3) is 0 Å². The average molecular weight is 270 g/mol. The van der Waals surface area contributed by atoms with Crippen LogP contribution in [-0.4, -0.2) is 26.0 Å². The summed E-state index contributed by atoms with van der Waals surface area (Å²) in [5, 5.41) is 0. The highest BCUT2D eigenvalue weighted by atomic mass is 79.9. The molecule has 0 spiro atoms. The molecule has 1 aromatic rings. The van der Waals surface area contributed by atoms with Crippen molar-refractivity contribution in [2.45, 2.75) is 6.42 Å². The van der Waals surface area contributed by atoms with E-state index >= 15 is 0 Å². The van der Waals surface area contributed by atoms with Crippen molar-refractivity contribution in [2.75, 3.05) is 25.1 Å². The van der Waals surface area contributed by atoms with Gasteiger partial charge in [-0.15, -0.1) is 0 Å². The number of methoxy groups -OCH3 is 1. The Kier molecular flexibility index (Phi) is 2.95. The summed E-state index contributed by atoms with van der Waals surface area (Å²) < 4.78 is 6.27. The van der Waals surface area contributed by atoms with Gasteiger partial charge in [0, 0.05) is 17.4 Å². The molecular formula is C11H12BrNO2. The van der Waals surface area contributed by atoms with Gasteiger partial charge in [0.2, 0.25) is 0 Å². The van der Waals surface area contributed by atoms with E-state index in [2.05, 4.69) is 15.9 Å². The summed E-state index contributed by atoms with van der Waals surface area (Å²) in [5.41, 5.74) is 0.984. The lowest BCUT2D eigenvalue weighted by atomic mass is 10.2. The van der Waals surface area contributed by atoms with Gasteiger partial charge in [0.25, 0.3) is 0 Å². The first-order valence-corrected chi connectivity index (χ1v) is 5.60. The first-order valence-electron chi connectivity index (χ1n) is 4.81. The van der Waals surface area contributed by atoms with E-state index in [-0.39, 0.29) is 5.78 Å². The number of hydrogen-bond acceptors (Lipinski definition) is 3. The normalized spacial score (nSPS) is 15.9. The van der Waals surface area contributed by atoms with Crippen LogP contribution in [0.5, 0.6) is 5.75 Å². The number of nitrogens with zero attached hydrogens (tertiary/aromatic N) is 1. The minimum absolute atomic E-state index is 0.289. The molecule has 1 aliphatic rings. The average Bonchev–Trinajstić information content (AvgIpc) is 2.65. The molecule has 4 heteroatoms. The number of halogens is 1. The Labute approximate surface area is 97.2 Å². The Morgan fingerprint density at radius 1 is 1.47 bits per heavy atom. The standard InChI is InChI=1S/C11H12BrNO2/c1-15-11-3-2-8(12)6-10(11)13-5-4-9(14)7-13/h2-3,6H,4-5,7H2,1H3. The number of benzene rings is 1. The number of rotatable bonds is 2. The highest BCUT2D eigenvalue weighted by Crippen LogP contribution is 2.32. The third-order valence-corrected chi connectivity index (χ3v) is 3.00. The van der Waals surface area contributed by atoms with Crippen molar-refractivity contribution < 1.29 is 9.53 Å². The molecule has 3 nitrogen and oxygen atoms in total. The molecule has 1 aromatic carbocycles. The van der Waals surface area contributed by atoms with E-state index < -0.39 is 0 Å². The van der Waals surface area contributed by atoms with Crippen molar-refractivity contribution in [1.29, 1.82) is 0 Å². The largest absolute Gasteiger partial charge is 0.495 e. The van der Waals surface area contributed by atoms with Crippen LogP contribution in [0, 0.1) is 0 Å². The monoisotopic (exact) mass is 269 g/mol. The molecule has 15 heavy (non-hydrogen) atoms. The molecule has 0 saturated carbocycles. The topological polar surface area (TPSA) is 29.5 Å². The third kappa shape index (κ3) is 2.15. The number of ether oxygens (including phenoxy) is 1. The first-order chi connectivity index (χ1) is 7.20. The predicted molar refractivity (Wildman–Crippen MR) is 62.5 cm³/mol. The van der Waals surface area contributed by atoms with Gasteiger partial charge >= 0.3 is 0 Å². The maximum Gasteiger partial charge on any atom is 0.153 e. The van der Waals surface area contributed by atoms with Gasteiger partial charge < -0.3 is 9.64 Å². The second-order valence-corrected chi connectivity index (χ2v) is 4.44. The van der Waals surface area contributed by atoms with Gasteiger partial charge in [-0.2, -0.15) is 0 Å². The van der Waals surface area contributed by atoms with Crippen LogP contribution < -0.4 is 9.64 Å². The number of hydrogen-bond donors (Lipinski definition) is 0. The molecule has 1 fully saturated rings. The van der Waals surface area contributed by atoms with Crippen LogP contribution in [0.1, 0.15) is 6.42 Å². The molecule has 1 aliphatic heterocycles. The van der Waals surface area contributed by atoms with E-state index in [1.807, 2.05) is 23.1 Å². The molecule has 1 saturated heterocycles. The number of Topliss-reactive ketones (excluding diaryl/α,β-unsaturated/α-hetero) is 1. The smallest absolute Gasteiger partial charge is 0.153 e. The first kappa shape index (κ1) is 10.5. The van der Waals surface area contributed by atoms with Crippen LogP contribution >= 0.6 is 15.9 Å². The van der Waals surface area contributed by atoms with Crippen molar-refractivity contribution in [3.05, 3.63) is 22.7 Å². The Morgan fingerprint density at radius 3 is 2.87 bits per heavy atom. The fourth-order valence-electron chi connectivity index (χ4n) is 1.75. The second-order valence-electron chi connectivity index (χ2n) is 3.53. The van der Waals surface area contributed by atoms with Gasteiger partial charge in [0.1, 0.15) is 5.75 Å². The van der Waals surface area contributed by atoms with Gasteiger partial charge in [-0.25, -0.2) is 0 Å². The summed E-state index contributed by atoms with van der Waals surface area (Å²) in [5.74, 6) is 1.10. The number of carbonyl (C=O) groups is 1. The molecule has 0 atom stereocenters. The molecule has 0 aliphatic carbocycles. The highest BCUT2D eigenvalue weighted by molar-refractivity contribution is 9.10. The fourth-order valence-corrected chi connectivity index (χ4v) is 2.10. The van der Waals surface area contributed by atoms with Crippen molar-refractivity contribution in [3.8, 4) is 5.75 Å². The van der Waals surface area contributed by atoms with Crippen molar-refractivity contribution in [1.82, 2.24) is 0 Å². The Bertz CT molecular complexity index is 392. The van der Waals surface area contributed by atoms with Gasteiger partial charge in [0.05, 0.1) is 19.3 Å². The van der Waals surface area contributed by atoms with Gasteiger partial charge in [-0.1, -0.05) is 15.9 Å². The van der Waals surface area contributed by atoms with E-state index in [9.17, 15) is 4.79 Å². The maximum atomic E-state index is 11.2. The number of anilines is 1. The van der Waals surface area contributed by atoms with E-state index in [1.165, 1.54) is 0 Å². The molecule has 0 amide bonds. The van der Waals surface area contributed by atoms with Crippen molar-refractivity contribution >= 4 is 27.4 Å². The Morgan fingerprint density at radius 2 is 2.27 bits per heavy atom. The van der Waals surface area contributed by atoms with E-state index in [0.717, 1.165) is 22.5 Å². The van der Waals surface area contributed by atoms with Crippen molar-refractivity contribution in [3.63, 3.8) is 0 Å². The zero-order valence-corrected chi connectivity index (χ0v) is 10.1. The van der Waals surface area contributed by atoms with Crippen LogP contribution in [0.15, 0.2) is 22.7 Å². The van der Waals surface area contributed by atoms with Crippen molar-refractivity contribution in [2.24, 2.45) is 0 Å². The van der Waals surface area contributed by atoms with Crippen LogP contribution in [-0.2, 0) is 4.79 Å². The predicted octanol–water partition coefficient (Wildman–Crippen LogP) is 2.24. The fraction of sp³-hybridized carbons (Fsp3) is 0.364. The van der Waals surface area contributed by atoms with Crippen LogP contribution in [0.2, 0.25) is 0 Å². The number of carbonyl (C=O) groups excluding carboxylic acids is 1. The summed E-state index contributed by atoms with van der Waals surface area (Å²) >= 11 is 3.42. The van der Waals surface area contributed by atoms with E-state index in [0.29, 0.717) is 13.0 Å². The SMILES string of the molecule is COc1ccc(Br)cc1N1CCC(=O)C1. The lowest BCUT2D eigenvalue weighted by molar-refractivity contribution is -0.116. The summed E-state index contributed by atoms with van der Waals surface area (Å²) in [6.07, 6.45) is 0.635. The molecule has 0 aromatic heterocycles. The Hall–Kier alpha value is -1.03.